The van der Waals surface area contributed by atoms with Crippen molar-refractivity contribution in [3.63, 3.8) is 0 Å². The van der Waals surface area contributed by atoms with Crippen LogP contribution in [0.5, 0.6) is 0 Å². The second kappa shape index (κ2) is 11.7. The number of rotatable bonds is 9. The van der Waals surface area contributed by atoms with Crippen LogP contribution in [0.1, 0.15) is 91.4 Å². The second-order valence-corrected chi connectivity index (χ2v) is 13.3. The van der Waals surface area contributed by atoms with Gasteiger partial charge >= 0.3 is 6.09 Å². The third-order valence-corrected chi connectivity index (χ3v) is 11.4. The summed E-state index contributed by atoms with van der Waals surface area (Å²) < 4.78 is 4.85. The number of nitrogens with one attached hydrogen (secondary N) is 1. The van der Waals surface area contributed by atoms with Crippen LogP contribution >= 0.6 is 0 Å². The van der Waals surface area contributed by atoms with E-state index in [9.17, 15) is 14.4 Å². The maximum Gasteiger partial charge on any atom is 0.436 e. The van der Waals surface area contributed by atoms with Gasteiger partial charge in [-0.3, -0.25) is 14.4 Å². The molecule has 7 atom stereocenters. The number of ketones is 1. The lowest BCUT2D eigenvalue weighted by atomic mass is 9.46. The Morgan fingerprint density at radius 1 is 1.13 bits per heavy atom. The van der Waals surface area contributed by atoms with Crippen LogP contribution in [0.3, 0.4) is 0 Å². The largest absolute Gasteiger partial charge is 0.466 e. The van der Waals surface area contributed by atoms with Crippen molar-refractivity contribution in [1.82, 2.24) is 10.2 Å². The molecule has 4 aliphatic carbocycles. The molecule has 0 radical (unpaired) electrons. The van der Waals surface area contributed by atoms with Crippen LogP contribution < -0.4 is 5.32 Å². The number of allylic oxidation sites excluding steroid dienone is 1. The molecule has 8 heteroatoms. The molecule has 1 aliphatic heterocycles. The molecular weight excluding hydrogens is 494 g/mol. The summed E-state index contributed by atoms with van der Waals surface area (Å²) in [7, 11) is 0. The SMILES string of the molecule is C/C(=N\OC(=O)N(CCOC=O)CCC1CCCN1)[C@H]1CC[C@H]2[C@@H]3CCC4=CC(=O)CC[C@]4(C)[C@H]3CC[C@]12C. The minimum absolute atomic E-state index is 0.147. The predicted molar refractivity (Wildman–Crippen MR) is 149 cm³/mol. The van der Waals surface area contributed by atoms with E-state index < -0.39 is 6.09 Å². The molecule has 1 unspecified atom stereocenters. The number of amides is 1. The van der Waals surface area contributed by atoms with E-state index in [1.807, 2.05) is 13.0 Å². The first-order valence-corrected chi connectivity index (χ1v) is 15.3. The molecule has 5 rings (SSSR count). The molecule has 3 saturated carbocycles. The monoisotopic (exact) mass is 541 g/mol. The van der Waals surface area contributed by atoms with Gasteiger partial charge in [-0.05, 0) is 112 Å². The highest BCUT2D eigenvalue weighted by Crippen LogP contribution is 2.66. The summed E-state index contributed by atoms with van der Waals surface area (Å²) in [6.45, 7) is 9.32. The first-order valence-electron chi connectivity index (χ1n) is 15.3. The van der Waals surface area contributed by atoms with Crippen LogP contribution in [-0.4, -0.2) is 61.2 Å². The third kappa shape index (κ3) is 5.55. The van der Waals surface area contributed by atoms with Gasteiger partial charge in [0.05, 0.1) is 12.3 Å². The molecule has 0 aromatic rings. The fraction of sp³-hybridized carbons (Fsp3) is 0.806. The minimum Gasteiger partial charge on any atom is -0.466 e. The zero-order valence-electron chi connectivity index (χ0n) is 24.1. The van der Waals surface area contributed by atoms with Crippen molar-refractivity contribution in [2.45, 2.75) is 97.4 Å². The maximum atomic E-state index is 13.0. The maximum absolute atomic E-state index is 13.0. The summed E-state index contributed by atoms with van der Waals surface area (Å²) in [6.07, 6.45) is 13.2. The number of hydrogen-bond acceptors (Lipinski definition) is 7. The van der Waals surface area contributed by atoms with Gasteiger partial charge in [0, 0.05) is 24.9 Å². The molecule has 1 heterocycles. The van der Waals surface area contributed by atoms with Crippen molar-refractivity contribution in [2.75, 3.05) is 26.2 Å². The van der Waals surface area contributed by atoms with Crippen LogP contribution in [0.2, 0.25) is 0 Å². The Morgan fingerprint density at radius 3 is 2.74 bits per heavy atom. The number of carbonyl (C=O) groups excluding carboxylic acids is 3. The van der Waals surface area contributed by atoms with Gasteiger partial charge in [-0.2, -0.15) is 0 Å². The Labute approximate surface area is 233 Å². The second-order valence-electron chi connectivity index (χ2n) is 13.3. The molecule has 0 aromatic heterocycles. The number of nitrogens with zero attached hydrogens (tertiary/aromatic N) is 2. The van der Waals surface area contributed by atoms with E-state index in [2.05, 4.69) is 24.3 Å². The highest BCUT2D eigenvalue weighted by atomic mass is 16.7. The zero-order valence-corrected chi connectivity index (χ0v) is 24.1. The smallest absolute Gasteiger partial charge is 0.436 e. The zero-order chi connectivity index (χ0) is 27.6. The van der Waals surface area contributed by atoms with Gasteiger partial charge in [0.15, 0.2) is 5.78 Å². The molecule has 8 nitrogen and oxygen atoms in total. The summed E-state index contributed by atoms with van der Waals surface area (Å²) in [5.74, 6) is 2.62. The highest BCUT2D eigenvalue weighted by molar-refractivity contribution is 5.91. The average Bonchev–Trinajstić information content (AvgIpc) is 3.57. The summed E-state index contributed by atoms with van der Waals surface area (Å²) in [6, 6.07) is 0.408. The number of hydrogen-bond donors (Lipinski definition) is 1. The molecule has 39 heavy (non-hydrogen) atoms. The van der Waals surface area contributed by atoms with E-state index in [0.717, 1.165) is 57.2 Å². The van der Waals surface area contributed by atoms with Crippen LogP contribution in [-0.2, 0) is 19.2 Å². The summed E-state index contributed by atoms with van der Waals surface area (Å²) in [5, 5.41) is 7.88. The average molecular weight is 542 g/mol. The molecule has 0 bridgehead atoms. The molecule has 5 aliphatic rings. The lowest BCUT2D eigenvalue weighted by Crippen LogP contribution is -2.51. The standard InChI is InChI=1S/C31H47N3O5/c1-21(33-39-29(37)34(17-18-38-20-35)16-12-23-5-4-15-32-23)26-8-9-27-25-7-6-22-19-24(36)10-13-30(22,2)28(25)11-14-31(26,27)3/h19-20,23,25-28,32H,4-18H2,1-3H3/b33-21+/t23?,25-,26+,27-,28-,30-,31+/m0/s1. The van der Waals surface area contributed by atoms with E-state index in [0.29, 0.717) is 61.5 Å². The third-order valence-electron chi connectivity index (χ3n) is 11.4. The fourth-order valence-electron chi connectivity index (χ4n) is 9.30. The van der Waals surface area contributed by atoms with Gasteiger partial charge in [0.2, 0.25) is 0 Å². The van der Waals surface area contributed by atoms with Gasteiger partial charge in [-0.25, -0.2) is 4.79 Å². The molecule has 1 amide bonds. The van der Waals surface area contributed by atoms with Crippen molar-refractivity contribution in [3.8, 4) is 0 Å². The van der Waals surface area contributed by atoms with Crippen molar-refractivity contribution in [1.29, 1.82) is 0 Å². The Balaban J connectivity index is 1.23. The lowest BCUT2D eigenvalue weighted by molar-refractivity contribution is -0.129. The van der Waals surface area contributed by atoms with E-state index in [4.69, 9.17) is 9.57 Å². The summed E-state index contributed by atoms with van der Waals surface area (Å²) in [5.41, 5.74) is 2.67. The van der Waals surface area contributed by atoms with E-state index in [1.54, 1.807) is 4.90 Å². The highest BCUT2D eigenvalue weighted by Gasteiger charge is 2.59. The van der Waals surface area contributed by atoms with Gasteiger partial charge in [0.1, 0.15) is 6.61 Å². The predicted octanol–water partition coefficient (Wildman–Crippen LogP) is 5.26. The first-order chi connectivity index (χ1) is 18.8. The molecule has 4 fully saturated rings. The first kappa shape index (κ1) is 28.3. The fourth-order valence-corrected chi connectivity index (χ4v) is 9.30. The number of fused-ring (bicyclic) bond motifs is 5. The number of ether oxygens (including phenoxy) is 1. The Bertz CT molecular complexity index is 1000. The van der Waals surface area contributed by atoms with E-state index >= 15 is 0 Å². The number of oxime groups is 1. The van der Waals surface area contributed by atoms with E-state index in [-0.39, 0.29) is 17.4 Å². The Morgan fingerprint density at radius 2 is 1.97 bits per heavy atom. The van der Waals surface area contributed by atoms with Crippen LogP contribution in [0.15, 0.2) is 16.8 Å². The molecule has 0 aromatic carbocycles. The van der Waals surface area contributed by atoms with E-state index in [1.165, 1.54) is 24.8 Å². The van der Waals surface area contributed by atoms with Crippen LogP contribution in [0.25, 0.3) is 0 Å². The van der Waals surface area contributed by atoms with Crippen LogP contribution in [0, 0.1) is 34.5 Å². The number of carbonyl (C=O) groups is 3. The molecular formula is C31H47N3O5. The normalized spacial score (nSPS) is 37.8. The van der Waals surface area contributed by atoms with Crippen molar-refractivity contribution >= 4 is 24.1 Å². The molecule has 216 valence electrons. The lowest BCUT2D eigenvalue weighted by Gasteiger charge is -2.58. The van der Waals surface area contributed by atoms with Crippen molar-refractivity contribution < 1.29 is 24.0 Å². The van der Waals surface area contributed by atoms with Crippen LogP contribution in [0.4, 0.5) is 4.79 Å². The Kier molecular flexibility index (Phi) is 8.51. The molecule has 1 N–H and O–H groups in total. The van der Waals surface area contributed by atoms with Crippen molar-refractivity contribution in [2.24, 2.45) is 39.7 Å². The minimum atomic E-state index is -0.475. The van der Waals surface area contributed by atoms with Gasteiger partial charge < -0.3 is 15.0 Å². The van der Waals surface area contributed by atoms with Gasteiger partial charge in [-0.15, -0.1) is 0 Å². The van der Waals surface area contributed by atoms with Crippen molar-refractivity contribution in [3.05, 3.63) is 11.6 Å². The summed E-state index contributed by atoms with van der Waals surface area (Å²) in [4.78, 5) is 42.9. The topological polar surface area (TPSA) is 97.3 Å². The van der Waals surface area contributed by atoms with Gasteiger partial charge in [0.25, 0.3) is 6.47 Å². The van der Waals surface area contributed by atoms with Gasteiger partial charge in [-0.1, -0.05) is 24.6 Å². The molecule has 1 saturated heterocycles. The quantitative estimate of drug-likeness (QED) is 0.141. The Hall–Kier alpha value is -2.22. The summed E-state index contributed by atoms with van der Waals surface area (Å²) >= 11 is 0. The molecule has 0 spiro atoms.